The van der Waals surface area contributed by atoms with Crippen LogP contribution in [0.15, 0.2) is 66.7 Å². The minimum Gasteiger partial charge on any atom is -0.467 e. The van der Waals surface area contributed by atoms with Crippen molar-refractivity contribution in [3.05, 3.63) is 77.9 Å². The van der Waals surface area contributed by atoms with Crippen molar-refractivity contribution in [3.8, 4) is 5.75 Å². The van der Waals surface area contributed by atoms with Gasteiger partial charge in [-0.2, -0.15) is 13.1 Å². The molecule has 0 radical (unpaired) electrons. The first-order chi connectivity index (χ1) is 17.8. The standard InChI is InChI=1S/C30H40N2O4S/c1-4-5-6-8-15-24-20-26-27(32-37(31,33)34)18-19-30(26,29(24)23-13-9-7-10-14-23)22(2)25-16-11-12-17-28(25)36-21-35-3/h7,9-14,16-17,26-27,32H,2,4-6,8,15,18-21H2,1,3H3,(H2,31,33,34). The highest BCUT2D eigenvalue weighted by molar-refractivity contribution is 7.87. The zero-order chi connectivity index (χ0) is 26.5. The molecule has 1 saturated carbocycles. The maximum absolute atomic E-state index is 12.2. The van der Waals surface area contributed by atoms with E-state index < -0.39 is 15.6 Å². The topological polar surface area (TPSA) is 90.7 Å². The van der Waals surface area contributed by atoms with Gasteiger partial charge in [-0.3, -0.25) is 0 Å². The van der Waals surface area contributed by atoms with Gasteiger partial charge in [-0.1, -0.05) is 86.9 Å². The fourth-order valence-corrected chi connectivity index (χ4v) is 7.27. The van der Waals surface area contributed by atoms with E-state index in [1.54, 1.807) is 7.11 Å². The lowest BCUT2D eigenvalue weighted by Gasteiger charge is -2.38. The lowest BCUT2D eigenvalue weighted by Crippen LogP contribution is -2.43. The Morgan fingerprint density at radius 1 is 1.11 bits per heavy atom. The molecule has 6 nitrogen and oxygen atoms in total. The van der Waals surface area contributed by atoms with E-state index in [4.69, 9.17) is 21.2 Å². The maximum atomic E-state index is 12.2. The van der Waals surface area contributed by atoms with Crippen LogP contribution in [-0.2, 0) is 14.9 Å². The Labute approximate surface area is 222 Å². The molecule has 2 aromatic rings. The molecule has 0 bridgehead atoms. The number of para-hydroxylation sites is 1. The summed E-state index contributed by atoms with van der Waals surface area (Å²) in [5.41, 5.74) is 5.36. The summed E-state index contributed by atoms with van der Waals surface area (Å²) in [4.78, 5) is 0. The molecule has 3 N–H and O–H groups in total. The van der Waals surface area contributed by atoms with E-state index in [0.29, 0.717) is 12.2 Å². The lowest BCUT2D eigenvalue weighted by atomic mass is 9.66. The zero-order valence-corrected chi connectivity index (χ0v) is 22.9. The average molecular weight is 525 g/mol. The average Bonchev–Trinajstić information content (AvgIpc) is 3.39. The molecule has 0 aliphatic heterocycles. The van der Waals surface area contributed by atoms with Gasteiger partial charge in [0.15, 0.2) is 6.79 Å². The molecular weight excluding hydrogens is 484 g/mol. The molecule has 37 heavy (non-hydrogen) atoms. The number of fused-ring (bicyclic) bond motifs is 1. The van der Waals surface area contributed by atoms with Gasteiger partial charge in [-0.05, 0) is 60.8 Å². The first-order valence-electron chi connectivity index (χ1n) is 13.3. The van der Waals surface area contributed by atoms with Crippen molar-refractivity contribution in [2.24, 2.45) is 16.5 Å². The lowest BCUT2D eigenvalue weighted by molar-refractivity contribution is 0.0508. The Bertz CT molecular complexity index is 1230. The molecule has 4 rings (SSSR count). The normalized spacial score (nSPS) is 23.3. The number of nitrogens with one attached hydrogen (secondary N) is 1. The number of ether oxygens (including phenoxy) is 2. The highest BCUT2D eigenvalue weighted by atomic mass is 32.2. The largest absolute Gasteiger partial charge is 0.467 e. The van der Waals surface area contributed by atoms with E-state index in [1.807, 2.05) is 30.3 Å². The summed E-state index contributed by atoms with van der Waals surface area (Å²) in [5.74, 6) is 0.735. The second kappa shape index (κ2) is 11.9. The van der Waals surface area contributed by atoms with Crippen LogP contribution in [0, 0.1) is 11.3 Å². The van der Waals surface area contributed by atoms with E-state index in [0.717, 1.165) is 36.8 Å². The molecule has 7 heteroatoms. The highest BCUT2D eigenvalue weighted by Gasteiger charge is 2.57. The summed E-state index contributed by atoms with van der Waals surface area (Å²) in [5, 5.41) is 5.49. The fourth-order valence-electron chi connectivity index (χ4n) is 6.56. The number of methoxy groups -OCH3 is 1. The molecule has 0 spiro atoms. The predicted octanol–water partition coefficient (Wildman–Crippen LogP) is 6.07. The molecule has 3 atom stereocenters. The number of allylic oxidation sites excluding steroid dienone is 3. The Kier molecular flexibility index (Phi) is 8.90. The minimum atomic E-state index is -3.85. The Balaban J connectivity index is 1.85. The minimum absolute atomic E-state index is 0.0187. The van der Waals surface area contributed by atoms with Crippen LogP contribution in [0.25, 0.3) is 11.1 Å². The van der Waals surface area contributed by atoms with Crippen molar-refractivity contribution in [1.82, 2.24) is 4.72 Å². The molecule has 2 aromatic carbocycles. The van der Waals surface area contributed by atoms with Gasteiger partial charge >= 0.3 is 0 Å². The number of unbranched alkanes of at least 4 members (excludes halogenated alkanes) is 3. The van der Waals surface area contributed by atoms with Gasteiger partial charge in [0, 0.05) is 24.1 Å². The monoisotopic (exact) mass is 524 g/mol. The quantitative estimate of drug-likeness (QED) is 0.246. The van der Waals surface area contributed by atoms with Gasteiger partial charge in [0.2, 0.25) is 0 Å². The number of hydrogen-bond donors (Lipinski definition) is 2. The van der Waals surface area contributed by atoms with Gasteiger partial charge in [-0.25, -0.2) is 5.14 Å². The third kappa shape index (κ3) is 5.85. The van der Waals surface area contributed by atoms with Crippen LogP contribution in [0.2, 0.25) is 0 Å². The second-order valence-corrected chi connectivity index (χ2v) is 11.6. The smallest absolute Gasteiger partial charge is 0.274 e. The van der Waals surface area contributed by atoms with E-state index in [2.05, 4.69) is 35.9 Å². The zero-order valence-electron chi connectivity index (χ0n) is 22.0. The first-order valence-corrected chi connectivity index (χ1v) is 14.8. The molecule has 1 fully saturated rings. The van der Waals surface area contributed by atoms with E-state index in [9.17, 15) is 8.42 Å². The van der Waals surface area contributed by atoms with Gasteiger partial charge in [-0.15, -0.1) is 0 Å². The first kappa shape index (κ1) is 27.6. The Morgan fingerprint density at radius 3 is 2.54 bits per heavy atom. The third-order valence-electron chi connectivity index (χ3n) is 8.03. The number of benzene rings is 2. The van der Waals surface area contributed by atoms with E-state index in [-0.39, 0.29) is 18.8 Å². The molecule has 0 amide bonds. The van der Waals surface area contributed by atoms with Gasteiger partial charge < -0.3 is 9.47 Å². The van der Waals surface area contributed by atoms with Crippen molar-refractivity contribution < 1.29 is 17.9 Å². The van der Waals surface area contributed by atoms with Crippen LogP contribution in [0.4, 0.5) is 0 Å². The Hall–Kier alpha value is -2.45. The molecule has 2 aliphatic carbocycles. The van der Waals surface area contributed by atoms with Crippen LogP contribution >= 0.6 is 0 Å². The SMILES string of the molecule is C=C(c1ccccc1OCOC)C12CCC(NS(N)(=O)=O)C1CC(CCCCCC)=C2c1ccccc1. The van der Waals surface area contributed by atoms with E-state index >= 15 is 0 Å². The summed E-state index contributed by atoms with van der Waals surface area (Å²) in [6, 6.07) is 18.2. The molecule has 0 saturated heterocycles. The van der Waals surface area contributed by atoms with Crippen molar-refractivity contribution in [2.75, 3.05) is 13.9 Å². The van der Waals surface area contributed by atoms with Crippen molar-refractivity contribution in [3.63, 3.8) is 0 Å². The second-order valence-electron chi connectivity index (χ2n) is 10.3. The van der Waals surface area contributed by atoms with Crippen LogP contribution in [-0.4, -0.2) is 28.4 Å². The summed E-state index contributed by atoms with van der Waals surface area (Å²) in [6.07, 6.45) is 8.01. The summed E-state index contributed by atoms with van der Waals surface area (Å²) < 4.78 is 38.2. The van der Waals surface area contributed by atoms with Gasteiger partial charge in [0.25, 0.3) is 10.2 Å². The Morgan fingerprint density at radius 2 is 1.84 bits per heavy atom. The third-order valence-corrected chi connectivity index (χ3v) is 8.66. The van der Waals surface area contributed by atoms with Crippen LogP contribution < -0.4 is 14.6 Å². The highest BCUT2D eigenvalue weighted by Crippen LogP contribution is 2.66. The molecule has 0 heterocycles. The maximum Gasteiger partial charge on any atom is 0.274 e. The van der Waals surface area contributed by atoms with Crippen molar-refractivity contribution >= 4 is 21.4 Å². The fraction of sp³-hybridized carbons (Fsp3) is 0.467. The number of hydrogen-bond acceptors (Lipinski definition) is 4. The number of rotatable bonds is 13. The van der Waals surface area contributed by atoms with Crippen molar-refractivity contribution in [2.45, 2.75) is 64.3 Å². The predicted molar refractivity (Wildman–Crippen MR) is 150 cm³/mol. The van der Waals surface area contributed by atoms with Crippen LogP contribution in [0.3, 0.4) is 0 Å². The van der Waals surface area contributed by atoms with E-state index in [1.165, 1.54) is 36.0 Å². The summed E-state index contributed by atoms with van der Waals surface area (Å²) in [7, 11) is -2.24. The summed E-state index contributed by atoms with van der Waals surface area (Å²) >= 11 is 0. The molecule has 2 aliphatic rings. The van der Waals surface area contributed by atoms with Gasteiger partial charge in [0.05, 0.1) is 0 Å². The molecule has 200 valence electrons. The number of nitrogens with two attached hydrogens (primary N) is 1. The van der Waals surface area contributed by atoms with Gasteiger partial charge in [0.1, 0.15) is 5.75 Å². The van der Waals surface area contributed by atoms with Crippen LogP contribution in [0.1, 0.15) is 69.4 Å². The molecular formula is C30H40N2O4S. The molecule has 3 unspecified atom stereocenters. The van der Waals surface area contributed by atoms with Crippen LogP contribution in [0.5, 0.6) is 5.75 Å². The van der Waals surface area contributed by atoms with Crippen molar-refractivity contribution in [1.29, 1.82) is 0 Å². The molecule has 0 aromatic heterocycles. The summed E-state index contributed by atoms with van der Waals surface area (Å²) in [6.45, 7) is 7.06.